The molecule has 4 aromatic carbocycles. The maximum Gasteiger partial charge on any atom is 0.348 e. The first kappa shape index (κ1) is 106. The van der Waals surface area contributed by atoms with Crippen LogP contribution < -0.4 is 135 Å². The number of hydrogen-bond acceptors (Lipinski definition) is 28. The first-order valence-electron chi connectivity index (χ1n) is 43.9. The summed E-state index contributed by atoms with van der Waals surface area (Å²) in [6, 6.07) is 27.1. The molecule has 12 aromatic rings. The highest BCUT2D eigenvalue weighted by molar-refractivity contribution is 7.92. The Balaban J connectivity index is 0.000000158. The first-order valence-corrected chi connectivity index (χ1v) is 58.9. The monoisotopic (exact) mass is 2120 g/mol. The molecular formula is C88H113N20O24P4S5+. The summed E-state index contributed by atoms with van der Waals surface area (Å²) in [6.45, 7) is 29.6. The van der Waals surface area contributed by atoms with Crippen LogP contribution in [0.5, 0.6) is 5.75 Å². The Hall–Kier alpha value is -12.0. The Morgan fingerprint density at radius 2 is 0.773 bits per heavy atom. The normalized spacial score (nSPS) is 19.2. The Morgan fingerprint density at radius 3 is 1.13 bits per heavy atom. The first-order chi connectivity index (χ1) is 65.3. The minimum atomic E-state index is -4.31. The van der Waals surface area contributed by atoms with Crippen molar-refractivity contribution in [3.63, 3.8) is 0 Å². The van der Waals surface area contributed by atoms with Crippen molar-refractivity contribution in [1.82, 2.24) is 47.5 Å². The molecule has 13 N–H and O–H groups in total. The molecule has 0 fully saturated rings. The van der Waals surface area contributed by atoms with Gasteiger partial charge in [-0.05, 0) is 170 Å². The Labute approximate surface area is 814 Å². The van der Waals surface area contributed by atoms with E-state index in [4.69, 9.17) is 13.6 Å². The van der Waals surface area contributed by atoms with E-state index >= 15 is 0 Å². The molecule has 0 amide bonds. The number of rotatable bonds is 22. The van der Waals surface area contributed by atoms with E-state index in [0.717, 1.165) is 25.0 Å². The highest BCUT2D eigenvalue weighted by Crippen LogP contribution is 2.54. The van der Waals surface area contributed by atoms with Gasteiger partial charge >= 0.3 is 40.5 Å². The molecular weight excluding hydrogens is 2010 g/mol. The number of aromatic hydroxyl groups is 1. The predicted molar refractivity (Wildman–Crippen MR) is 551 cm³/mol. The Morgan fingerprint density at radius 1 is 0.440 bits per heavy atom. The van der Waals surface area contributed by atoms with Crippen LogP contribution in [0.2, 0.25) is 0 Å². The highest BCUT2D eigenvalue weighted by Gasteiger charge is 2.42. The molecule has 0 saturated carbocycles. The average molecular weight is 2120 g/mol. The van der Waals surface area contributed by atoms with E-state index < -0.39 is 109 Å². The summed E-state index contributed by atoms with van der Waals surface area (Å²) >= 11 is 1.26. The number of aromatic nitrogens is 8. The zero-order valence-electron chi connectivity index (χ0n) is 80.6. The van der Waals surface area contributed by atoms with Gasteiger partial charge in [0, 0.05) is 68.1 Å². The summed E-state index contributed by atoms with van der Waals surface area (Å²) in [7, 11) is -29.0. The van der Waals surface area contributed by atoms with Gasteiger partial charge in [-0.15, -0.1) is 4.68 Å². The molecule has 4 aliphatic rings. The molecule has 8 aromatic heterocycles. The Bertz CT molecular complexity index is 8500. The van der Waals surface area contributed by atoms with Crippen LogP contribution in [0.3, 0.4) is 0 Å². The number of fused-ring (bicyclic) bond motifs is 8. The van der Waals surface area contributed by atoms with E-state index in [-0.39, 0.29) is 140 Å². The molecule has 0 aliphatic carbocycles. The van der Waals surface area contributed by atoms with E-state index in [2.05, 4.69) is 122 Å². The van der Waals surface area contributed by atoms with Crippen LogP contribution in [0.4, 0.5) is 45.5 Å². The number of hydrogen-bond donors (Lipinski definition) is 13. The van der Waals surface area contributed by atoms with Gasteiger partial charge in [0.2, 0.25) is 68.3 Å². The second kappa shape index (κ2) is 39.4. The number of anilines is 8. The fourth-order valence-electron chi connectivity index (χ4n) is 15.4. The van der Waals surface area contributed by atoms with Gasteiger partial charge in [0.25, 0.3) is 16.7 Å². The van der Waals surface area contributed by atoms with Gasteiger partial charge in [0.1, 0.15) is 55.2 Å². The van der Waals surface area contributed by atoms with Crippen molar-refractivity contribution < 1.29 is 80.0 Å². The third-order valence-electron chi connectivity index (χ3n) is 22.1. The summed E-state index contributed by atoms with van der Waals surface area (Å²) in [5, 5.41) is 32.4. The van der Waals surface area contributed by atoms with Crippen molar-refractivity contribution in [2.45, 2.75) is 149 Å². The zero-order chi connectivity index (χ0) is 104. The van der Waals surface area contributed by atoms with Gasteiger partial charge < -0.3 is 44.8 Å². The molecule has 0 radical (unpaired) electrons. The quantitative estimate of drug-likeness (QED) is 0.0260. The van der Waals surface area contributed by atoms with Crippen LogP contribution in [-0.4, -0.2) is 127 Å². The molecule has 4 aliphatic heterocycles. The van der Waals surface area contributed by atoms with Gasteiger partial charge in [0.05, 0.1) is 94.1 Å². The molecule has 0 spiro atoms. The van der Waals surface area contributed by atoms with Crippen molar-refractivity contribution in [2.24, 2.45) is 26.4 Å². The van der Waals surface area contributed by atoms with Crippen LogP contribution in [-0.2, 0) is 98.1 Å². The molecule has 53 heteroatoms. The molecule has 16 rings (SSSR count). The predicted octanol–water partition coefficient (Wildman–Crippen LogP) is 6.33. The second-order valence-electron chi connectivity index (χ2n) is 38.6. The van der Waals surface area contributed by atoms with Crippen molar-refractivity contribution >= 4 is 193 Å². The summed E-state index contributed by atoms with van der Waals surface area (Å²) in [5.74, 6) is -0.590. The third kappa shape index (κ3) is 24.0. The number of benzene rings is 4. The van der Waals surface area contributed by atoms with Crippen LogP contribution in [0.25, 0.3) is 38.8 Å². The molecule has 44 nitrogen and oxygen atoms in total. The van der Waals surface area contributed by atoms with E-state index in [0.29, 0.717) is 84.8 Å². The smallest absolute Gasteiger partial charge is 0.348 e. The maximum absolute atomic E-state index is 13.9. The lowest BCUT2D eigenvalue weighted by atomic mass is 9.92. The number of thiazole rings is 1. The van der Waals surface area contributed by atoms with Crippen molar-refractivity contribution in [2.75, 3.05) is 85.5 Å². The Kier molecular flexibility index (Phi) is 29.7. The lowest BCUT2D eigenvalue weighted by Gasteiger charge is -2.30. The van der Waals surface area contributed by atoms with Crippen molar-refractivity contribution in [1.29, 1.82) is 0 Å². The molecule has 0 bridgehead atoms. The van der Waals surface area contributed by atoms with E-state index in [1.807, 2.05) is 20.8 Å². The minimum Gasteiger partial charge on any atom is -0.501 e. The van der Waals surface area contributed by atoms with Crippen LogP contribution in [0.1, 0.15) is 128 Å². The second-order valence-corrected chi connectivity index (χ2v) is 54.6. The maximum atomic E-state index is 13.9. The van der Waals surface area contributed by atoms with Gasteiger partial charge in [-0.25, -0.2) is 47.7 Å². The summed E-state index contributed by atoms with van der Waals surface area (Å²) < 4.78 is 190. The van der Waals surface area contributed by atoms with Gasteiger partial charge in [-0.1, -0.05) is 98.9 Å². The summed E-state index contributed by atoms with van der Waals surface area (Å²) in [6.07, 6.45) is 13.4. The van der Waals surface area contributed by atoms with Crippen LogP contribution in [0, 0.1) is 21.7 Å². The average Bonchev–Trinajstić information content (AvgIpc) is 1.74. The summed E-state index contributed by atoms with van der Waals surface area (Å²) in [4.78, 5) is 105. The van der Waals surface area contributed by atoms with Crippen LogP contribution in [0.15, 0.2) is 178 Å². The number of nitrogens with zero attached hydrogens (tertiary/aromatic N) is 9. The molecule has 4 unspecified atom stereocenters. The van der Waals surface area contributed by atoms with Gasteiger partial charge in [-0.3, -0.25) is 99.5 Å². The van der Waals surface area contributed by atoms with E-state index in [9.17, 15) is 95.5 Å². The molecule has 4 atom stereocenters. The molecule has 12 heterocycles. The number of aryl methyl sites for hydroxylation is 4. The van der Waals surface area contributed by atoms with Crippen molar-refractivity contribution in [3.8, 4) is 5.75 Å². The summed E-state index contributed by atoms with van der Waals surface area (Å²) in [5.41, 5.74) is -1.43. The zero-order valence-corrected chi connectivity index (χ0v) is 88.2. The molecule has 0 saturated heterocycles. The van der Waals surface area contributed by atoms with Crippen molar-refractivity contribution in [3.05, 3.63) is 233 Å². The fourth-order valence-corrected chi connectivity index (χ4v) is 25.1. The van der Waals surface area contributed by atoms with E-state index in [1.165, 1.54) is 119 Å². The number of sulfonamides is 4. The number of amidine groups is 1. The van der Waals surface area contributed by atoms with Crippen LogP contribution >= 0.6 is 41.4 Å². The molecule has 758 valence electrons. The van der Waals surface area contributed by atoms with Gasteiger partial charge in [-0.2, -0.15) is 4.76 Å². The lowest BCUT2D eigenvalue weighted by Crippen LogP contribution is -2.52. The standard InChI is InChI=1S/C23H30N5O6PS.C22H28N5O6PS2.C22H28N5O6PS.C21H26N5O6PS/c1-6-34-35(31)18-14-15(26-36(5,32)33)9-10-16(18)24-21(25-35)19-20(29)17-8-7-12-27(17)28(22(19)30)13-11-23(2,3)4;1-6-33-34(30)16-13-14(25-36(5,31)32)7-8-15(16)23-19(24-34)17-18(28)21-27(11-12-35-21)26(20(17)29)10-9-22(2,3)4;1-22(2,3)10-12-27-21(29)18(19(28)16-7-6-11-26(16)27)20-23-15-9-8-14(25-35(5,31)32)13-17(15)34(30,24-20)33-4;1-21(2,3)9-11-26-20(28)17(18(27)15-6-5-10-25(15)26)19-22-14-8-7-13(24-34(4,31)32)12-16(14)33(29,30)23-19/h7-10,12,14,24,26H,6,11,13H2,1-5H3,(H,25,31);7-8,11-13H,6,9-10H2,1-5H3,(H2,24,28,29,30);6-9,11,13,23,25H,10,12H2,1-5H3,(H,24,30);5-8,10,12,22,24H,9,11H2,1-4H3,(H2,23,29,30)/p+1. The molecule has 141 heavy (non-hydrogen) atoms. The topological polar surface area (TPSA) is 574 Å². The minimum absolute atomic E-state index is 0.0219. The number of nitrogens with one attached hydrogen (secondary N) is 11. The highest BCUT2D eigenvalue weighted by atomic mass is 32.2. The lowest BCUT2D eigenvalue weighted by molar-refractivity contribution is -0.613. The van der Waals surface area contributed by atoms with Gasteiger partial charge in [0.15, 0.2) is 5.84 Å². The largest absolute Gasteiger partial charge is 0.501 e. The third-order valence-corrected chi connectivity index (χ3v) is 33.2. The van der Waals surface area contributed by atoms with E-state index in [1.54, 1.807) is 89.4 Å². The fraction of sp³-hybridized carbons (Fsp3) is 0.375. The SMILES string of the molecule is CC(C)(C)CCn1c(=O)c(=C2Nc3ccc(NS(C)(=O)=O)cc3P(=O)(O)N2)c(=O)c2cccn21.CCOP1(=O)N=C(c2c(O)c3scc[n+]3n(CCC(C)(C)C)c2=O)Nc2ccc(NS(C)(=O)=O)cc21.CCOP1(=O)NC(=c2c(=O)c3cccn3n(CCC(C)(C)C)c2=O)Nc2ccc(NS(C)(=O)=O)cc21.COP1(=O)NC(=c2c(=O)c3cccn3n(CCC(C)(C)C)c2=O)Nc2ccc(NS(C)(=O)=O)cc21.